The summed E-state index contributed by atoms with van der Waals surface area (Å²) in [5.74, 6) is -0.414. The maximum atomic E-state index is 13.1. The number of nitrogens with one attached hydrogen (secondary N) is 2. The minimum atomic E-state index is -0.276. The van der Waals surface area contributed by atoms with Crippen LogP contribution in [0.1, 0.15) is 41.2 Å². The van der Waals surface area contributed by atoms with E-state index in [2.05, 4.69) is 27.9 Å². The van der Waals surface area contributed by atoms with Crippen molar-refractivity contribution in [3.63, 3.8) is 0 Å². The Morgan fingerprint density at radius 2 is 1.65 bits per heavy atom. The number of carbonyl (C=O) groups is 2. The van der Waals surface area contributed by atoms with Gasteiger partial charge in [0.25, 0.3) is 11.8 Å². The number of nitrogens with zero attached hydrogens (tertiary/aromatic N) is 2. The summed E-state index contributed by atoms with van der Waals surface area (Å²) in [6.45, 7) is 0. The van der Waals surface area contributed by atoms with Gasteiger partial charge in [0.1, 0.15) is 10.7 Å². The fraction of sp³-hybridized carbons (Fsp3) is 0.208. The molecule has 1 saturated carbocycles. The van der Waals surface area contributed by atoms with Gasteiger partial charge < -0.3 is 10.6 Å². The van der Waals surface area contributed by atoms with Crippen molar-refractivity contribution in [2.45, 2.75) is 31.3 Å². The zero-order valence-corrected chi connectivity index (χ0v) is 17.6. The van der Waals surface area contributed by atoms with Crippen LogP contribution in [-0.4, -0.2) is 23.6 Å². The first kappa shape index (κ1) is 19.5. The summed E-state index contributed by atoms with van der Waals surface area (Å²) in [6, 6.07) is 21.9. The fourth-order valence-corrected chi connectivity index (χ4v) is 4.43. The number of para-hydroxylation sites is 1. The molecule has 1 aromatic heterocycles. The molecule has 2 amide bonds. The molecule has 7 heteroatoms. The Kier molecular flexibility index (Phi) is 5.26. The molecule has 2 aliphatic rings. The van der Waals surface area contributed by atoms with Crippen LogP contribution in [0.2, 0.25) is 0 Å². The number of anilines is 2. The molecule has 0 radical (unpaired) electrons. The molecule has 0 spiro atoms. The highest BCUT2D eigenvalue weighted by molar-refractivity contribution is 7.14. The third-order valence-corrected chi connectivity index (χ3v) is 6.26. The standard InChI is InChI=1S/C24H22N4O2S/c29-22(25-17-11-12-17)19-13-14-31-24(19)26-23(30)20-15-21(16-7-3-1-4-8-16)28(27-20)18-9-5-2-6-10-18/h1-10,13-14,17,21H,11-12,15H2,(H,25,29)(H,26,30). The molecule has 1 fully saturated rings. The lowest BCUT2D eigenvalue weighted by Crippen LogP contribution is -2.27. The van der Waals surface area contributed by atoms with Crippen molar-refractivity contribution < 1.29 is 9.59 Å². The molecular formula is C24H22N4O2S. The van der Waals surface area contributed by atoms with Crippen LogP contribution in [0, 0.1) is 0 Å². The lowest BCUT2D eigenvalue weighted by atomic mass is 10.0. The SMILES string of the molecule is O=C(Nc1sccc1C(=O)NC1CC1)C1=NN(c2ccccc2)C(c2ccccc2)C1. The van der Waals surface area contributed by atoms with Gasteiger partial charge in [-0.15, -0.1) is 11.3 Å². The van der Waals surface area contributed by atoms with Crippen molar-refractivity contribution >= 4 is 39.6 Å². The average molecular weight is 431 g/mol. The highest BCUT2D eigenvalue weighted by Gasteiger charge is 2.33. The molecule has 156 valence electrons. The Balaban J connectivity index is 1.38. The zero-order valence-electron chi connectivity index (χ0n) is 16.8. The average Bonchev–Trinajstić information content (AvgIpc) is 3.31. The van der Waals surface area contributed by atoms with Crippen LogP contribution in [0.4, 0.5) is 10.7 Å². The lowest BCUT2D eigenvalue weighted by molar-refractivity contribution is -0.110. The molecule has 2 heterocycles. The summed E-state index contributed by atoms with van der Waals surface area (Å²) in [5, 5.41) is 14.8. The summed E-state index contributed by atoms with van der Waals surface area (Å²) in [5.41, 5.74) is 2.97. The molecule has 0 bridgehead atoms. The summed E-state index contributed by atoms with van der Waals surface area (Å²) in [7, 11) is 0. The zero-order chi connectivity index (χ0) is 21.2. The van der Waals surface area contributed by atoms with Crippen molar-refractivity contribution in [1.82, 2.24) is 5.32 Å². The number of hydrazone groups is 1. The van der Waals surface area contributed by atoms with E-state index in [0.717, 1.165) is 24.1 Å². The largest absolute Gasteiger partial charge is 0.349 e. The quantitative estimate of drug-likeness (QED) is 0.601. The molecule has 1 unspecified atom stereocenters. The van der Waals surface area contributed by atoms with E-state index in [-0.39, 0.29) is 23.9 Å². The fourth-order valence-electron chi connectivity index (χ4n) is 3.65. The third kappa shape index (κ3) is 4.22. The summed E-state index contributed by atoms with van der Waals surface area (Å²) in [4.78, 5) is 25.5. The van der Waals surface area contributed by atoms with E-state index in [0.29, 0.717) is 22.7 Å². The molecule has 3 aromatic rings. The molecule has 2 N–H and O–H groups in total. The van der Waals surface area contributed by atoms with Gasteiger partial charge in [0, 0.05) is 12.5 Å². The van der Waals surface area contributed by atoms with E-state index >= 15 is 0 Å². The minimum absolute atomic E-state index is 0.0645. The van der Waals surface area contributed by atoms with Crippen LogP contribution in [0.3, 0.4) is 0 Å². The Bertz CT molecular complexity index is 1120. The molecule has 0 saturated heterocycles. The van der Waals surface area contributed by atoms with E-state index in [1.807, 2.05) is 58.9 Å². The monoisotopic (exact) mass is 430 g/mol. The number of hydrogen-bond donors (Lipinski definition) is 2. The topological polar surface area (TPSA) is 73.8 Å². The molecular weight excluding hydrogens is 408 g/mol. The molecule has 6 nitrogen and oxygen atoms in total. The maximum Gasteiger partial charge on any atom is 0.272 e. The van der Waals surface area contributed by atoms with Gasteiger partial charge in [-0.3, -0.25) is 14.6 Å². The van der Waals surface area contributed by atoms with Crippen molar-refractivity contribution in [2.24, 2.45) is 5.10 Å². The van der Waals surface area contributed by atoms with E-state index in [4.69, 9.17) is 0 Å². The number of thiophene rings is 1. The van der Waals surface area contributed by atoms with Crippen LogP contribution in [0.15, 0.2) is 77.2 Å². The van der Waals surface area contributed by atoms with Gasteiger partial charge >= 0.3 is 0 Å². The van der Waals surface area contributed by atoms with Crippen molar-refractivity contribution in [1.29, 1.82) is 0 Å². The Hall–Kier alpha value is -3.45. The number of hydrogen-bond acceptors (Lipinski definition) is 5. The van der Waals surface area contributed by atoms with Gasteiger partial charge in [-0.2, -0.15) is 5.10 Å². The maximum absolute atomic E-state index is 13.1. The van der Waals surface area contributed by atoms with Gasteiger partial charge in [0.2, 0.25) is 0 Å². The first-order valence-corrected chi connectivity index (χ1v) is 11.2. The molecule has 1 aliphatic carbocycles. The molecule has 1 atom stereocenters. The highest BCUT2D eigenvalue weighted by atomic mass is 32.1. The lowest BCUT2D eigenvalue weighted by Gasteiger charge is -2.23. The predicted octanol–water partition coefficient (Wildman–Crippen LogP) is 4.59. The van der Waals surface area contributed by atoms with E-state index in [1.54, 1.807) is 6.07 Å². The first-order valence-electron chi connectivity index (χ1n) is 10.4. The second-order valence-electron chi connectivity index (χ2n) is 7.72. The van der Waals surface area contributed by atoms with Crippen molar-refractivity contribution in [2.75, 3.05) is 10.3 Å². The van der Waals surface area contributed by atoms with Gasteiger partial charge in [0.05, 0.1) is 17.3 Å². The second kappa shape index (κ2) is 8.35. The highest BCUT2D eigenvalue weighted by Crippen LogP contribution is 2.35. The first-order chi connectivity index (χ1) is 15.2. The van der Waals surface area contributed by atoms with Crippen molar-refractivity contribution in [3.8, 4) is 0 Å². The van der Waals surface area contributed by atoms with Gasteiger partial charge in [0.15, 0.2) is 0 Å². The normalized spacial score (nSPS) is 17.9. The summed E-state index contributed by atoms with van der Waals surface area (Å²) in [6.07, 6.45) is 2.52. The molecule has 1 aliphatic heterocycles. The predicted molar refractivity (Wildman–Crippen MR) is 124 cm³/mol. The van der Waals surface area contributed by atoms with E-state index in [9.17, 15) is 9.59 Å². The second-order valence-corrected chi connectivity index (χ2v) is 8.64. The molecule has 31 heavy (non-hydrogen) atoms. The van der Waals surface area contributed by atoms with Crippen molar-refractivity contribution in [3.05, 3.63) is 83.2 Å². The van der Waals surface area contributed by atoms with Crippen LogP contribution in [0.25, 0.3) is 0 Å². The minimum Gasteiger partial charge on any atom is -0.349 e. The summed E-state index contributed by atoms with van der Waals surface area (Å²) >= 11 is 1.35. The van der Waals surface area contributed by atoms with Gasteiger partial charge in [-0.05, 0) is 42.0 Å². The Morgan fingerprint density at radius 3 is 2.35 bits per heavy atom. The number of amides is 2. The van der Waals surface area contributed by atoms with Crippen LogP contribution in [-0.2, 0) is 4.79 Å². The number of benzene rings is 2. The third-order valence-electron chi connectivity index (χ3n) is 5.43. The van der Waals surface area contributed by atoms with E-state index in [1.165, 1.54) is 11.3 Å². The summed E-state index contributed by atoms with van der Waals surface area (Å²) < 4.78 is 0. The smallest absolute Gasteiger partial charge is 0.272 e. The van der Waals surface area contributed by atoms with Crippen LogP contribution in [0.5, 0.6) is 0 Å². The van der Waals surface area contributed by atoms with Gasteiger partial charge in [-0.25, -0.2) is 0 Å². The van der Waals surface area contributed by atoms with Gasteiger partial charge in [-0.1, -0.05) is 48.5 Å². The molecule has 5 rings (SSSR count). The van der Waals surface area contributed by atoms with E-state index < -0.39 is 0 Å². The Labute approximate surface area is 184 Å². The molecule has 2 aromatic carbocycles. The number of carbonyl (C=O) groups excluding carboxylic acids is 2. The number of rotatable bonds is 6. The Morgan fingerprint density at radius 1 is 0.935 bits per heavy atom. The van der Waals surface area contributed by atoms with Crippen LogP contribution < -0.4 is 15.6 Å². The van der Waals surface area contributed by atoms with Crippen LogP contribution >= 0.6 is 11.3 Å².